The van der Waals surface area contributed by atoms with Gasteiger partial charge < -0.3 is 10.5 Å². The van der Waals surface area contributed by atoms with E-state index in [0.29, 0.717) is 11.8 Å². The number of rotatable bonds is 3. The summed E-state index contributed by atoms with van der Waals surface area (Å²) in [6.45, 7) is 1.43. The lowest BCUT2D eigenvalue weighted by Crippen LogP contribution is -2.43. The quantitative estimate of drug-likeness (QED) is 0.718. The predicted octanol–water partition coefficient (Wildman–Crippen LogP) is 0.549. The first-order valence-corrected chi connectivity index (χ1v) is 6.28. The second kappa shape index (κ2) is 4.96. The molecular formula is C12H18N2O4. The Kier molecular flexibility index (Phi) is 3.54. The van der Waals surface area contributed by atoms with Crippen LogP contribution in [0.25, 0.3) is 0 Å². The zero-order valence-corrected chi connectivity index (χ0v) is 10.3. The van der Waals surface area contributed by atoms with Crippen LogP contribution in [0.5, 0.6) is 0 Å². The lowest BCUT2D eigenvalue weighted by molar-refractivity contribution is -0.160. The summed E-state index contributed by atoms with van der Waals surface area (Å²) >= 11 is 0. The average Bonchev–Trinajstić information content (AvgIpc) is 2.89. The molecular weight excluding hydrogens is 236 g/mol. The first-order valence-electron chi connectivity index (χ1n) is 6.28. The van der Waals surface area contributed by atoms with Gasteiger partial charge in [0.25, 0.3) is 5.91 Å². The van der Waals surface area contributed by atoms with E-state index in [1.807, 2.05) is 5.32 Å². The average molecular weight is 254 g/mol. The van der Waals surface area contributed by atoms with E-state index < -0.39 is 18.0 Å². The highest BCUT2D eigenvalue weighted by Crippen LogP contribution is 2.48. The molecule has 0 aromatic heterocycles. The minimum atomic E-state index is -0.982. The molecule has 0 heterocycles. The number of amides is 3. The molecule has 0 spiro atoms. The Labute approximate surface area is 105 Å². The summed E-state index contributed by atoms with van der Waals surface area (Å²) in [6.07, 6.45) is 3.26. The van der Waals surface area contributed by atoms with Crippen molar-refractivity contribution in [3.63, 3.8) is 0 Å². The van der Waals surface area contributed by atoms with Gasteiger partial charge >= 0.3 is 12.0 Å². The number of nitrogens with two attached hydrogens (primary N) is 1. The lowest BCUT2D eigenvalue weighted by atomic mass is 9.89. The minimum Gasteiger partial charge on any atom is -0.452 e. The summed E-state index contributed by atoms with van der Waals surface area (Å²) in [5.41, 5.74) is 4.82. The third-order valence-electron chi connectivity index (χ3n) is 3.95. The monoisotopic (exact) mass is 254 g/mol. The maximum atomic E-state index is 11.9. The molecule has 6 heteroatoms. The van der Waals surface area contributed by atoms with Crippen LogP contribution < -0.4 is 11.1 Å². The first-order chi connectivity index (χ1) is 8.47. The van der Waals surface area contributed by atoms with Gasteiger partial charge in [0, 0.05) is 0 Å². The summed E-state index contributed by atoms with van der Waals surface area (Å²) < 4.78 is 5.09. The molecule has 2 aliphatic rings. The molecule has 18 heavy (non-hydrogen) atoms. The molecule has 0 aromatic rings. The van der Waals surface area contributed by atoms with E-state index in [-0.39, 0.29) is 11.9 Å². The first kappa shape index (κ1) is 12.9. The van der Waals surface area contributed by atoms with Gasteiger partial charge in [-0.2, -0.15) is 0 Å². The molecule has 0 aromatic carbocycles. The number of imide groups is 1. The Hall–Kier alpha value is -1.59. The number of carbonyl (C=O) groups is 3. The number of fused-ring (bicyclic) bond motifs is 2. The zero-order chi connectivity index (χ0) is 13.3. The Balaban J connectivity index is 1.84. The van der Waals surface area contributed by atoms with E-state index in [4.69, 9.17) is 10.5 Å². The Bertz CT molecular complexity index is 382. The van der Waals surface area contributed by atoms with E-state index in [0.717, 1.165) is 19.3 Å². The van der Waals surface area contributed by atoms with Gasteiger partial charge in [0.15, 0.2) is 6.10 Å². The Morgan fingerprint density at radius 3 is 2.50 bits per heavy atom. The van der Waals surface area contributed by atoms with Crippen LogP contribution in [0.2, 0.25) is 0 Å². The highest BCUT2D eigenvalue weighted by molar-refractivity contribution is 5.96. The molecule has 0 unspecified atom stereocenters. The standard InChI is InChI=1S/C12H18N2O4/c1-6(10(15)14-12(13)17)18-11(16)9-5-7-2-3-8(9)4-7/h6-9H,2-5H2,1H3,(H3,13,14,15,17)/t6-,7+,8+,9-/m1/s1. The molecule has 2 saturated carbocycles. The molecule has 2 bridgehead atoms. The van der Waals surface area contributed by atoms with E-state index in [1.54, 1.807) is 0 Å². The predicted molar refractivity (Wildman–Crippen MR) is 62.2 cm³/mol. The van der Waals surface area contributed by atoms with Crippen LogP contribution in [0, 0.1) is 17.8 Å². The van der Waals surface area contributed by atoms with Crippen molar-refractivity contribution in [3.8, 4) is 0 Å². The molecule has 2 fully saturated rings. The molecule has 6 nitrogen and oxygen atoms in total. The lowest BCUT2D eigenvalue weighted by Gasteiger charge is -2.21. The Morgan fingerprint density at radius 2 is 2.00 bits per heavy atom. The van der Waals surface area contributed by atoms with E-state index in [9.17, 15) is 14.4 Å². The van der Waals surface area contributed by atoms with E-state index >= 15 is 0 Å². The molecule has 3 amide bonds. The summed E-state index contributed by atoms with van der Waals surface area (Å²) in [7, 11) is 0. The molecule has 2 rings (SSSR count). The van der Waals surface area contributed by atoms with Crippen molar-refractivity contribution >= 4 is 17.9 Å². The van der Waals surface area contributed by atoms with Crippen molar-refractivity contribution in [3.05, 3.63) is 0 Å². The number of hydrogen-bond donors (Lipinski definition) is 2. The molecule has 0 aliphatic heterocycles. The molecule has 100 valence electrons. The largest absolute Gasteiger partial charge is 0.452 e. The van der Waals surface area contributed by atoms with Gasteiger partial charge in [-0.15, -0.1) is 0 Å². The van der Waals surface area contributed by atoms with Gasteiger partial charge in [-0.3, -0.25) is 14.9 Å². The van der Waals surface area contributed by atoms with Gasteiger partial charge in [0.2, 0.25) is 0 Å². The van der Waals surface area contributed by atoms with Gasteiger partial charge in [0.05, 0.1) is 5.92 Å². The van der Waals surface area contributed by atoms with Crippen molar-refractivity contribution in [2.45, 2.75) is 38.7 Å². The number of carbonyl (C=O) groups excluding carboxylic acids is 3. The number of hydrogen-bond acceptors (Lipinski definition) is 4. The van der Waals surface area contributed by atoms with Crippen molar-refractivity contribution < 1.29 is 19.1 Å². The topological polar surface area (TPSA) is 98.5 Å². The number of urea groups is 1. The van der Waals surface area contributed by atoms with Gasteiger partial charge in [-0.1, -0.05) is 6.42 Å². The summed E-state index contributed by atoms with van der Waals surface area (Å²) in [5.74, 6) is -0.0305. The second-order valence-electron chi connectivity index (χ2n) is 5.21. The van der Waals surface area contributed by atoms with Crippen LogP contribution in [0.15, 0.2) is 0 Å². The number of esters is 1. The zero-order valence-electron chi connectivity index (χ0n) is 10.3. The summed E-state index contributed by atoms with van der Waals surface area (Å²) in [4.78, 5) is 33.8. The highest BCUT2D eigenvalue weighted by atomic mass is 16.5. The normalized spacial score (nSPS) is 30.8. The minimum absolute atomic E-state index is 0.0763. The van der Waals surface area contributed by atoms with Gasteiger partial charge in [-0.25, -0.2) is 4.79 Å². The van der Waals surface area contributed by atoms with Crippen molar-refractivity contribution in [1.82, 2.24) is 5.32 Å². The van der Waals surface area contributed by atoms with Crippen LogP contribution in [0.3, 0.4) is 0 Å². The molecule has 2 aliphatic carbocycles. The van der Waals surface area contributed by atoms with Crippen LogP contribution in [-0.4, -0.2) is 24.0 Å². The molecule has 3 N–H and O–H groups in total. The number of nitrogens with one attached hydrogen (secondary N) is 1. The SMILES string of the molecule is C[C@@H](OC(=O)[C@@H]1C[C@H]2CC[C@H]1C2)C(=O)NC(N)=O. The third kappa shape index (κ3) is 2.63. The smallest absolute Gasteiger partial charge is 0.318 e. The van der Waals surface area contributed by atoms with Gasteiger partial charge in [-0.05, 0) is 38.0 Å². The fourth-order valence-corrected chi connectivity index (χ4v) is 3.07. The summed E-state index contributed by atoms with van der Waals surface area (Å²) in [5, 5.41) is 1.90. The van der Waals surface area contributed by atoms with E-state index in [2.05, 4.69) is 0 Å². The summed E-state index contributed by atoms with van der Waals surface area (Å²) in [6, 6.07) is -0.942. The molecule has 0 radical (unpaired) electrons. The maximum Gasteiger partial charge on any atom is 0.318 e. The fraction of sp³-hybridized carbons (Fsp3) is 0.750. The number of ether oxygens (including phenoxy) is 1. The van der Waals surface area contributed by atoms with Crippen molar-refractivity contribution in [1.29, 1.82) is 0 Å². The van der Waals surface area contributed by atoms with Crippen LogP contribution in [0.1, 0.15) is 32.6 Å². The van der Waals surface area contributed by atoms with Crippen LogP contribution in [-0.2, 0) is 14.3 Å². The maximum absolute atomic E-state index is 11.9. The second-order valence-corrected chi connectivity index (χ2v) is 5.21. The van der Waals surface area contributed by atoms with Crippen LogP contribution in [0.4, 0.5) is 4.79 Å². The highest BCUT2D eigenvalue weighted by Gasteiger charge is 2.44. The third-order valence-corrected chi connectivity index (χ3v) is 3.95. The molecule has 0 saturated heterocycles. The molecule has 4 atom stereocenters. The van der Waals surface area contributed by atoms with Crippen molar-refractivity contribution in [2.24, 2.45) is 23.5 Å². The van der Waals surface area contributed by atoms with Gasteiger partial charge in [0.1, 0.15) is 0 Å². The number of primary amides is 1. The van der Waals surface area contributed by atoms with Crippen molar-refractivity contribution in [2.75, 3.05) is 0 Å². The fourth-order valence-electron chi connectivity index (χ4n) is 3.07. The van der Waals surface area contributed by atoms with Crippen LogP contribution >= 0.6 is 0 Å². The Morgan fingerprint density at radius 1 is 1.28 bits per heavy atom. The van der Waals surface area contributed by atoms with E-state index in [1.165, 1.54) is 13.3 Å².